The van der Waals surface area contributed by atoms with E-state index in [0.717, 1.165) is 25.7 Å². The van der Waals surface area contributed by atoms with Gasteiger partial charge in [-0.1, -0.05) is 53.7 Å². The van der Waals surface area contributed by atoms with Crippen molar-refractivity contribution in [1.82, 2.24) is 0 Å². The van der Waals surface area contributed by atoms with Gasteiger partial charge in [-0.2, -0.15) is 0 Å². The molecule has 5 saturated carbocycles. The molecule has 0 aromatic carbocycles. The summed E-state index contributed by atoms with van der Waals surface area (Å²) in [6.45, 7) is 20.7. The van der Waals surface area contributed by atoms with Gasteiger partial charge in [0, 0.05) is 11.3 Å². The average Bonchev–Trinajstić information content (AvgIpc) is 3.08. The Hall–Kier alpha value is -0.380. The number of allylic oxidation sites excluding steroid dienone is 1. The molecule has 188 valence electrons. The van der Waals surface area contributed by atoms with Crippen LogP contribution in [-0.2, 0) is 0 Å². The molecule has 0 spiro atoms. The van der Waals surface area contributed by atoms with Gasteiger partial charge in [0.15, 0.2) is 0 Å². The van der Waals surface area contributed by atoms with Crippen molar-refractivity contribution in [3.63, 3.8) is 0 Å². The van der Waals surface area contributed by atoms with Crippen molar-refractivity contribution >= 4 is 0 Å². The highest BCUT2D eigenvalue weighted by atomic mass is 16.3. The zero-order valence-corrected chi connectivity index (χ0v) is 22.3. The van der Waals surface area contributed by atoms with Crippen LogP contribution < -0.4 is 0 Å². The van der Waals surface area contributed by atoms with Crippen molar-refractivity contribution in [3.05, 3.63) is 12.2 Å². The zero-order chi connectivity index (χ0) is 24.4. The van der Waals surface area contributed by atoms with E-state index in [-0.39, 0.29) is 22.2 Å². The molecule has 5 fully saturated rings. The standard InChI is InChI=1S/C30H50O3/c1-17(2)18-11-13-27(5)15-16-29(7)19(22(18)27)9-10-20-28(6)14-12-21(31)26(3,4)24(28)23(32)25(33)30(20,29)8/h18-25,31-33H,1,9-16H2,2-8H3. The molecule has 0 saturated heterocycles. The van der Waals surface area contributed by atoms with Crippen LogP contribution in [0, 0.1) is 56.7 Å². The molecule has 0 aromatic heterocycles. The fourth-order valence-corrected chi connectivity index (χ4v) is 11.6. The normalized spacial score (nSPS) is 59.7. The lowest BCUT2D eigenvalue weighted by atomic mass is 9.31. The lowest BCUT2D eigenvalue weighted by molar-refractivity contribution is -0.315. The Morgan fingerprint density at radius 1 is 0.818 bits per heavy atom. The van der Waals surface area contributed by atoms with Crippen molar-refractivity contribution in [2.75, 3.05) is 0 Å². The van der Waals surface area contributed by atoms with Crippen LogP contribution in [0.25, 0.3) is 0 Å². The number of rotatable bonds is 1. The van der Waals surface area contributed by atoms with E-state index in [1.807, 2.05) is 0 Å². The van der Waals surface area contributed by atoms with Crippen LogP contribution in [0.1, 0.15) is 99.8 Å². The van der Waals surface area contributed by atoms with Gasteiger partial charge in [0.05, 0.1) is 18.3 Å². The van der Waals surface area contributed by atoms with Crippen molar-refractivity contribution in [2.45, 2.75) is 118 Å². The summed E-state index contributed by atoms with van der Waals surface area (Å²) in [6, 6.07) is 0. The monoisotopic (exact) mass is 458 g/mol. The Balaban J connectivity index is 1.62. The lowest BCUT2D eigenvalue weighted by Gasteiger charge is -2.74. The van der Waals surface area contributed by atoms with Crippen molar-refractivity contribution in [1.29, 1.82) is 0 Å². The molecule has 5 rings (SSSR count). The van der Waals surface area contributed by atoms with E-state index in [1.165, 1.54) is 31.3 Å². The molecule has 3 heteroatoms. The Bertz CT molecular complexity index is 834. The van der Waals surface area contributed by atoms with E-state index < -0.39 is 23.7 Å². The summed E-state index contributed by atoms with van der Waals surface area (Å²) < 4.78 is 0. The topological polar surface area (TPSA) is 60.7 Å². The molecule has 0 radical (unpaired) electrons. The number of aliphatic hydroxyl groups is 3. The van der Waals surface area contributed by atoms with Crippen molar-refractivity contribution in [3.8, 4) is 0 Å². The minimum absolute atomic E-state index is 0.00666. The third-order valence-corrected chi connectivity index (χ3v) is 13.5. The first kappa shape index (κ1) is 24.3. The van der Waals surface area contributed by atoms with Crippen LogP contribution >= 0.6 is 0 Å². The predicted octanol–water partition coefficient (Wildman–Crippen LogP) is 5.97. The van der Waals surface area contributed by atoms with Crippen molar-refractivity contribution < 1.29 is 15.3 Å². The summed E-state index contributed by atoms with van der Waals surface area (Å²) in [7, 11) is 0. The summed E-state index contributed by atoms with van der Waals surface area (Å²) in [6.07, 6.45) is 7.11. The number of hydrogen-bond acceptors (Lipinski definition) is 3. The molecule has 0 aliphatic heterocycles. The molecule has 33 heavy (non-hydrogen) atoms. The summed E-state index contributed by atoms with van der Waals surface area (Å²) in [5, 5.41) is 34.7. The zero-order valence-electron chi connectivity index (χ0n) is 22.3. The van der Waals surface area contributed by atoms with E-state index in [0.29, 0.717) is 29.1 Å². The Morgan fingerprint density at radius 3 is 2.12 bits per heavy atom. The quantitative estimate of drug-likeness (QED) is 0.425. The van der Waals surface area contributed by atoms with E-state index >= 15 is 0 Å². The highest BCUT2D eigenvalue weighted by Crippen LogP contribution is 2.77. The fraction of sp³-hybridized carbons (Fsp3) is 0.933. The maximum atomic E-state index is 12.0. The molecule has 0 aromatic rings. The van der Waals surface area contributed by atoms with Gasteiger partial charge in [-0.3, -0.25) is 0 Å². The van der Waals surface area contributed by atoms with Gasteiger partial charge in [0.25, 0.3) is 0 Å². The molecule has 5 aliphatic carbocycles. The molecule has 0 heterocycles. The number of aliphatic hydroxyl groups excluding tert-OH is 3. The van der Waals surface area contributed by atoms with Gasteiger partial charge in [-0.15, -0.1) is 0 Å². The summed E-state index contributed by atoms with van der Waals surface area (Å²) in [5.41, 5.74) is 0.968. The third-order valence-electron chi connectivity index (χ3n) is 13.5. The highest BCUT2D eigenvalue weighted by Gasteiger charge is 2.74. The first-order valence-electron chi connectivity index (χ1n) is 13.9. The van der Waals surface area contributed by atoms with E-state index in [1.54, 1.807) is 0 Å². The molecule has 12 unspecified atom stereocenters. The van der Waals surface area contributed by atoms with Gasteiger partial charge in [0.2, 0.25) is 0 Å². The molecule has 3 nitrogen and oxygen atoms in total. The predicted molar refractivity (Wildman–Crippen MR) is 133 cm³/mol. The smallest absolute Gasteiger partial charge is 0.0863 e. The van der Waals surface area contributed by atoms with Crippen LogP contribution in [0.3, 0.4) is 0 Å². The molecule has 12 atom stereocenters. The van der Waals surface area contributed by atoms with E-state index in [9.17, 15) is 15.3 Å². The second-order valence-corrected chi connectivity index (χ2v) is 14.9. The van der Waals surface area contributed by atoms with E-state index in [4.69, 9.17) is 0 Å². The van der Waals surface area contributed by atoms with E-state index in [2.05, 4.69) is 55.0 Å². The number of fused-ring (bicyclic) bond motifs is 7. The fourth-order valence-electron chi connectivity index (χ4n) is 11.6. The minimum atomic E-state index is -0.786. The first-order valence-corrected chi connectivity index (χ1v) is 13.9. The maximum Gasteiger partial charge on any atom is 0.0863 e. The Morgan fingerprint density at radius 2 is 1.48 bits per heavy atom. The summed E-state index contributed by atoms with van der Waals surface area (Å²) in [4.78, 5) is 0. The minimum Gasteiger partial charge on any atom is -0.393 e. The molecule has 0 amide bonds. The summed E-state index contributed by atoms with van der Waals surface area (Å²) in [5.74, 6) is 2.11. The van der Waals surface area contributed by atoms with Crippen LogP contribution in [0.2, 0.25) is 0 Å². The number of hydrogen-bond donors (Lipinski definition) is 3. The second-order valence-electron chi connectivity index (χ2n) is 14.9. The Kier molecular flexibility index (Phi) is 5.23. The second kappa shape index (κ2) is 7.10. The SMILES string of the molecule is C=C(C)C1CCC2(C)CCC3(C)C(CCC4C5(C)CCC(O)C(C)(C)C5C(O)C(O)C43C)C12. The first-order chi connectivity index (χ1) is 15.2. The summed E-state index contributed by atoms with van der Waals surface area (Å²) >= 11 is 0. The third kappa shape index (κ3) is 2.74. The van der Waals surface area contributed by atoms with Crippen LogP contribution in [-0.4, -0.2) is 33.6 Å². The largest absolute Gasteiger partial charge is 0.393 e. The molecule has 0 bridgehead atoms. The Labute approximate surface area is 202 Å². The highest BCUT2D eigenvalue weighted by molar-refractivity contribution is 5.24. The molecule has 3 N–H and O–H groups in total. The van der Waals surface area contributed by atoms with Gasteiger partial charge in [0.1, 0.15) is 0 Å². The van der Waals surface area contributed by atoms with Gasteiger partial charge >= 0.3 is 0 Å². The van der Waals surface area contributed by atoms with Crippen LogP contribution in [0.15, 0.2) is 12.2 Å². The average molecular weight is 459 g/mol. The molecular weight excluding hydrogens is 408 g/mol. The molecule has 5 aliphatic rings. The lowest BCUT2D eigenvalue weighted by Crippen LogP contribution is -2.74. The van der Waals surface area contributed by atoms with Gasteiger partial charge < -0.3 is 15.3 Å². The maximum absolute atomic E-state index is 12.0. The molecular formula is C30H50O3. The van der Waals surface area contributed by atoms with Crippen LogP contribution in [0.4, 0.5) is 0 Å². The van der Waals surface area contributed by atoms with Gasteiger partial charge in [-0.25, -0.2) is 0 Å². The van der Waals surface area contributed by atoms with Crippen molar-refractivity contribution in [2.24, 2.45) is 56.7 Å². The van der Waals surface area contributed by atoms with Gasteiger partial charge in [-0.05, 0) is 104 Å². The van der Waals surface area contributed by atoms with Crippen LogP contribution in [0.5, 0.6) is 0 Å².